The Kier molecular flexibility index (Phi) is 12.2. The second-order valence-electron chi connectivity index (χ2n) is 12.0. The Labute approximate surface area is 275 Å². The number of hydrogen-bond acceptors (Lipinski definition) is 9. The van der Waals surface area contributed by atoms with Crippen LogP contribution in [0.5, 0.6) is 0 Å². The van der Waals surface area contributed by atoms with Crippen molar-refractivity contribution in [3.63, 3.8) is 0 Å². The molecular formula is C32H38F3N7O6. The molecule has 0 radical (unpaired) electrons. The van der Waals surface area contributed by atoms with Gasteiger partial charge in [-0.3, -0.25) is 14.4 Å². The Morgan fingerprint density at radius 1 is 1.02 bits per heavy atom. The number of carbonyl (C=O) groups excluding carboxylic acids is 2. The predicted molar refractivity (Wildman–Crippen MR) is 166 cm³/mol. The number of carboxylic acids is 2. The molecule has 4 rings (SSSR count). The van der Waals surface area contributed by atoms with Crippen LogP contribution in [0.4, 0.5) is 24.8 Å². The Balaban J connectivity index is 1.33. The third kappa shape index (κ3) is 10.0. The fourth-order valence-electron chi connectivity index (χ4n) is 6.01. The highest BCUT2D eigenvalue weighted by Crippen LogP contribution is 2.34. The maximum Gasteiger partial charge on any atom is 0.451 e. The molecule has 2 unspecified atom stereocenters. The third-order valence-electron chi connectivity index (χ3n) is 8.57. The van der Waals surface area contributed by atoms with E-state index in [0.29, 0.717) is 76.7 Å². The Morgan fingerprint density at radius 2 is 1.71 bits per heavy atom. The minimum Gasteiger partial charge on any atom is -0.481 e. The molecule has 48 heavy (non-hydrogen) atoms. The zero-order chi connectivity index (χ0) is 34.8. The van der Waals surface area contributed by atoms with Gasteiger partial charge in [-0.05, 0) is 68.6 Å². The number of aliphatic carboxylic acids is 2. The van der Waals surface area contributed by atoms with Gasteiger partial charge in [-0.25, -0.2) is 14.8 Å². The van der Waals surface area contributed by atoms with Crippen LogP contribution in [0.1, 0.15) is 68.3 Å². The number of halogens is 3. The van der Waals surface area contributed by atoms with E-state index < -0.39 is 48.4 Å². The minimum absolute atomic E-state index is 0.0217. The molecule has 16 heteroatoms. The van der Waals surface area contributed by atoms with Gasteiger partial charge >= 0.3 is 18.1 Å². The summed E-state index contributed by atoms with van der Waals surface area (Å²) in [6.07, 6.45) is -1.57. The number of piperidine rings is 1. The standard InChI is InChI=1S/C32H38F3N7O6/c33-32(34,35)31-39-25(41-15-11-20(12-16-41)3-1-5-27(43)38-23(30(47)48)17-28(44)45)18-26(40-31)42-14-2-4-24(42)29(46)37-13-10-21-6-8-22(19-36)9-7-21/h6-9,18,20,23-24H,1-5,10-17H2,(H,37,46)(H,38,43)(H,44,45)(H,47,48). The molecule has 258 valence electrons. The quantitative estimate of drug-likeness (QED) is 0.231. The van der Waals surface area contributed by atoms with E-state index in [2.05, 4.69) is 20.6 Å². The van der Waals surface area contributed by atoms with Gasteiger partial charge in [0.05, 0.1) is 18.1 Å². The number of rotatable bonds is 14. The summed E-state index contributed by atoms with van der Waals surface area (Å²) in [5, 5.41) is 32.0. The van der Waals surface area contributed by atoms with Gasteiger partial charge in [0.15, 0.2) is 0 Å². The zero-order valence-electron chi connectivity index (χ0n) is 26.2. The zero-order valence-corrected chi connectivity index (χ0v) is 26.2. The molecule has 2 aliphatic rings. The molecule has 1 aromatic carbocycles. The normalized spacial score (nSPS) is 17.4. The van der Waals surface area contributed by atoms with Gasteiger partial charge in [-0.15, -0.1) is 0 Å². The van der Waals surface area contributed by atoms with E-state index in [0.717, 1.165) is 5.56 Å². The van der Waals surface area contributed by atoms with E-state index in [1.54, 1.807) is 34.1 Å². The third-order valence-corrected chi connectivity index (χ3v) is 8.57. The smallest absolute Gasteiger partial charge is 0.451 e. The highest BCUT2D eigenvalue weighted by Gasteiger charge is 2.39. The first-order chi connectivity index (χ1) is 22.8. The van der Waals surface area contributed by atoms with Crippen LogP contribution in [0.15, 0.2) is 30.3 Å². The molecule has 3 heterocycles. The van der Waals surface area contributed by atoms with Gasteiger partial charge in [-0.1, -0.05) is 12.1 Å². The molecule has 0 bridgehead atoms. The van der Waals surface area contributed by atoms with Crippen molar-refractivity contribution in [2.75, 3.05) is 36.0 Å². The number of carbonyl (C=O) groups is 4. The van der Waals surface area contributed by atoms with Crippen molar-refractivity contribution in [3.05, 3.63) is 47.3 Å². The lowest BCUT2D eigenvalue weighted by molar-refractivity contribution is -0.147. The Hall–Kier alpha value is -4.94. The van der Waals surface area contributed by atoms with Crippen molar-refractivity contribution in [1.82, 2.24) is 20.6 Å². The maximum absolute atomic E-state index is 13.9. The Bertz CT molecular complexity index is 1510. The molecular weight excluding hydrogens is 635 g/mol. The first-order valence-corrected chi connectivity index (χ1v) is 15.8. The van der Waals surface area contributed by atoms with Crippen molar-refractivity contribution in [2.24, 2.45) is 5.92 Å². The number of benzene rings is 1. The van der Waals surface area contributed by atoms with Gasteiger partial charge in [0.1, 0.15) is 23.7 Å². The molecule has 2 amide bonds. The van der Waals surface area contributed by atoms with Crippen LogP contribution >= 0.6 is 0 Å². The topological polar surface area (TPSA) is 189 Å². The highest BCUT2D eigenvalue weighted by atomic mass is 19.4. The maximum atomic E-state index is 13.9. The number of amides is 2. The average Bonchev–Trinajstić information content (AvgIpc) is 3.55. The van der Waals surface area contributed by atoms with Gasteiger partial charge in [0.2, 0.25) is 17.6 Å². The summed E-state index contributed by atoms with van der Waals surface area (Å²) in [5.41, 5.74) is 1.47. The molecule has 0 saturated carbocycles. The van der Waals surface area contributed by atoms with Gasteiger partial charge in [-0.2, -0.15) is 18.4 Å². The molecule has 13 nitrogen and oxygen atoms in total. The molecule has 0 aliphatic carbocycles. The number of alkyl halides is 3. The van der Waals surface area contributed by atoms with Crippen LogP contribution in [0.25, 0.3) is 0 Å². The fraction of sp³-hybridized carbons (Fsp3) is 0.531. The van der Waals surface area contributed by atoms with Crippen LogP contribution in [0.2, 0.25) is 0 Å². The molecule has 2 aliphatic heterocycles. The van der Waals surface area contributed by atoms with Crippen LogP contribution < -0.4 is 20.4 Å². The monoisotopic (exact) mass is 673 g/mol. The summed E-state index contributed by atoms with van der Waals surface area (Å²) < 4.78 is 41.8. The van der Waals surface area contributed by atoms with Crippen molar-refractivity contribution in [1.29, 1.82) is 5.26 Å². The minimum atomic E-state index is -4.80. The van der Waals surface area contributed by atoms with Crippen LogP contribution in [-0.2, 0) is 31.8 Å². The van der Waals surface area contributed by atoms with E-state index >= 15 is 0 Å². The van der Waals surface area contributed by atoms with E-state index in [9.17, 15) is 32.3 Å². The van der Waals surface area contributed by atoms with Gasteiger partial charge in [0, 0.05) is 38.7 Å². The summed E-state index contributed by atoms with van der Waals surface area (Å²) in [6, 6.07) is 8.35. The lowest BCUT2D eigenvalue weighted by Crippen LogP contribution is -2.44. The second-order valence-corrected chi connectivity index (χ2v) is 12.0. The molecule has 2 atom stereocenters. The van der Waals surface area contributed by atoms with E-state index in [1.807, 2.05) is 6.07 Å². The van der Waals surface area contributed by atoms with Crippen LogP contribution in [0.3, 0.4) is 0 Å². The number of nitriles is 1. The average molecular weight is 674 g/mol. The largest absolute Gasteiger partial charge is 0.481 e. The number of anilines is 2. The number of aromatic nitrogens is 2. The lowest BCUT2D eigenvalue weighted by atomic mass is 9.91. The number of carboxylic acid groups (broad SMARTS) is 2. The summed E-state index contributed by atoms with van der Waals surface area (Å²) in [6.45, 7) is 1.53. The van der Waals surface area contributed by atoms with Gasteiger partial charge < -0.3 is 30.6 Å². The first-order valence-electron chi connectivity index (χ1n) is 15.8. The molecule has 1 aromatic heterocycles. The summed E-state index contributed by atoms with van der Waals surface area (Å²) >= 11 is 0. The van der Waals surface area contributed by atoms with Crippen LogP contribution in [0, 0.1) is 17.2 Å². The second kappa shape index (κ2) is 16.2. The first kappa shape index (κ1) is 35.9. The molecule has 0 spiro atoms. The number of hydrogen-bond donors (Lipinski definition) is 4. The lowest BCUT2D eigenvalue weighted by Gasteiger charge is -2.34. The van der Waals surface area contributed by atoms with E-state index in [1.165, 1.54) is 6.07 Å². The van der Waals surface area contributed by atoms with Crippen molar-refractivity contribution < 1.29 is 42.6 Å². The van der Waals surface area contributed by atoms with Crippen molar-refractivity contribution in [2.45, 2.75) is 76.0 Å². The Morgan fingerprint density at radius 3 is 2.33 bits per heavy atom. The predicted octanol–water partition coefficient (Wildman–Crippen LogP) is 3.13. The van der Waals surface area contributed by atoms with E-state index in [4.69, 9.17) is 15.5 Å². The van der Waals surface area contributed by atoms with Crippen molar-refractivity contribution >= 4 is 35.4 Å². The van der Waals surface area contributed by atoms with E-state index in [-0.39, 0.29) is 29.9 Å². The highest BCUT2D eigenvalue weighted by molar-refractivity contribution is 5.87. The van der Waals surface area contributed by atoms with Crippen LogP contribution in [-0.4, -0.2) is 82.2 Å². The van der Waals surface area contributed by atoms with Crippen molar-refractivity contribution in [3.8, 4) is 6.07 Å². The molecule has 2 aromatic rings. The van der Waals surface area contributed by atoms with Gasteiger partial charge in [0.25, 0.3) is 0 Å². The molecule has 2 saturated heterocycles. The fourth-order valence-corrected chi connectivity index (χ4v) is 6.01. The summed E-state index contributed by atoms with van der Waals surface area (Å²) in [4.78, 5) is 58.3. The molecule has 4 N–H and O–H groups in total. The molecule has 2 fully saturated rings. The summed E-state index contributed by atoms with van der Waals surface area (Å²) in [5.74, 6) is -4.58. The number of nitrogens with zero attached hydrogens (tertiary/aromatic N) is 5. The number of nitrogens with one attached hydrogen (secondary N) is 2. The summed E-state index contributed by atoms with van der Waals surface area (Å²) in [7, 11) is 0. The SMILES string of the molecule is N#Cc1ccc(CCNC(=O)C2CCCN2c2cc(N3CCC(CCCC(=O)NC(CC(=O)O)C(=O)O)CC3)nc(C(F)(F)F)n2)cc1.